The number of primary amides is 1. The Balaban J connectivity index is 1.49. The van der Waals surface area contributed by atoms with Crippen molar-refractivity contribution in [3.63, 3.8) is 0 Å². The fraction of sp³-hybridized carbons (Fsp3) is 0.286. The zero-order valence-electron chi connectivity index (χ0n) is 15.1. The van der Waals surface area contributed by atoms with Crippen LogP contribution in [0.25, 0.3) is 0 Å². The topological polar surface area (TPSA) is 92.5 Å². The van der Waals surface area contributed by atoms with Gasteiger partial charge < -0.3 is 16.0 Å². The molecule has 0 unspecified atom stereocenters. The monoisotopic (exact) mass is 365 g/mol. The van der Waals surface area contributed by atoms with E-state index in [9.17, 15) is 14.4 Å². The highest BCUT2D eigenvalue weighted by Gasteiger charge is 2.27. The molecule has 0 aromatic heterocycles. The lowest BCUT2D eigenvalue weighted by molar-refractivity contribution is -0.144. The third-order valence-electron chi connectivity index (χ3n) is 4.89. The van der Waals surface area contributed by atoms with Crippen LogP contribution in [0.5, 0.6) is 0 Å². The molecule has 0 bridgehead atoms. The molecule has 2 aromatic carbocycles. The molecule has 0 aliphatic carbocycles. The summed E-state index contributed by atoms with van der Waals surface area (Å²) >= 11 is 0. The predicted octanol–water partition coefficient (Wildman–Crippen LogP) is 2.21. The van der Waals surface area contributed by atoms with E-state index in [1.807, 2.05) is 18.2 Å². The first-order chi connectivity index (χ1) is 13.0. The standard InChI is InChI=1S/C21H23N3O3/c22-19(25)17-6-8-18(9-7-17)23-20(26)21(27)24-12-10-16(11-13-24)14-15-4-2-1-3-5-15/h1-9,16H,10-14H2,(H2,22,25)(H,23,26). The fourth-order valence-corrected chi connectivity index (χ4v) is 3.33. The first-order valence-corrected chi connectivity index (χ1v) is 9.07. The molecule has 27 heavy (non-hydrogen) atoms. The molecular weight excluding hydrogens is 342 g/mol. The first kappa shape index (κ1) is 18.6. The lowest BCUT2D eigenvalue weighted by Gasteiger charge is -2.31. The second kappa shape index (κ2) is 8.49. The van der Waals surface area contributed by atoms with Crippen LogP contribution < -0.4 is 11.1 Å². The molecule has 0 saturated carbocycles. The second-order valence-electron chi connectivity index (χ2n) is 6.82. The number of amides is 3. The molecular formula is C21H23N3O3. The Bertz CT molecular complexity index is 810. The Labute approximate surface area is 158 Å². The summed E-state index contributed by atoms with van der Waals surface area (Å²) in [6, 6.07) is 16.4. The molecule has 0 atom stereocenters. The maximum Gasteiger partial charge on any atom is 0.313 e. The van der Waals surface area contributed by atoms with E-state index in [2.05, 4.69) is 17.4 Å². The summed E-state index contributed by atoms with van der Waals surface area (Å²) in [4.78, 5) is 37.3. The van der Waals surface area contributed by atoms with E-state index in [1.54, 1.807) is 17.0 Å². The normalized spacial score (nSPS) is 14.6. The van der Waals surface area contributed by atoms with Crippen molar-refractivity contribution in [3.8, 4) is 0 Å². The SMILES string of the molecule is NC(=O)c1ccc(NC(=O)C(=O)N2CCC(Cc3ccccc3)CC2)cc1. The van der Waals surface area contributed by atoms with Crippen LogP contribution in [0.4, 0.5) is 5.69 Å². The summed E-state index contributed by atoms with van der Waals surface area (Å²) in [6.45, 7) is 1.18. The van der Waals surface area contributed by atoms with E-state index < -0.39 is 17.7 Å². The van der Waals surface area contributed by atoms with E-state index in [-0.39, 0.29) is 0 Å². The molecule has 3 amide bonds. The summed E-state index contributed by atoms with van der Waals surface area (Å²) in [5.41, 5.74) is 7.29. The molecule has 0 radical (unpaired) electrons. The van der Waals surface area contributed by atoms with Gasteiger partial charge in [-0.15, -0.1) is 0 Å². The minimum Gasteiger partial charge on any atom is -0.366 e. The van der Waals surface area contributed by atoms with Gasteiger partial charge in [-0.05, 0) is 55.0 Å². The number of nitrogens with two attached hydrogens (primary N) is 1. The average molecular weight is 365 g/mol. The molecule has 140 valence electrons. The van der Waals surface area contributed by atoms with Gasteiger partial charge in [-0.25, -0.2) is 0 Å². The van der Waals surface area contributed by atoms with Crippen LogP contribution in [-0.4, -0.2) is 35.7 Å². The van der Waals surface area contributed by atoms with Crippen LogP contribution in [-0.2, 0) is 16.0 Å². The maximum atomic E-state index is 12.4. The zero-order chi connectivity index (χ0) is 19.2. The number of likely N-dealkylation sites (tertiary alicyclic amines) is 1. The lowest BCUT2D eigenvalue weighted by Crippen LogP contribution is -2.44. The van der Waals surface area contributed by atoms with E-state index in [4.69, 9.17) is 5.73 Å². The Morgan fingerprint density at radius 1 is 0.963 bits per heavy atom. The van der Waals surface area contributed by atoms with Gasteiger partial charge in [0, 0.05) is 24.3 Å². The Hall–Kier alpha value is -3.15. The highest BCUT2D eigenvalue weighted by atomic mass is 16.2. The molecule has 6 nitrogen and oxygen atoms in total. The minimum absolute atomic E-state index is 0.347. The van der Waals surface area contributed by atoms with Gasteiger partial charge in [0.05, 0.1) is 0 Å². The predicted molar refractivity (Wildman–Crippen MR) is 103 cm³/mol. The number of anilines is 1. The zero-order valence-corrected chi connectivity index (χ0v) is 15.1. The number of hydrogen-bond acceptors (Lipinski definition) is 3. The quantitative estimate of drug-likeness (QED) is 0.814. The third kappa shape index (κ3) is 4.94. The number of benzene rings is 2. The van der Waals surface area contributed by atoms with Gasteiger partial charge in [-0.3, -0.25) is 14.4 Å². The lowest BCUT2D eigenvalue weighted by atomic mass is 9.90. The summed E-state index contributed by atoms with van der Waals surface area (Å²) < 4.78 is 0. The van der Waals surface area contributed by atoms with E-state index >= 15 is 0 Å². The average Bonchev–Trinajstić information content (AvgIpc) is 2.69. The highest BCUT2D eigenvalue weighted by Crippen LogP contribution is 2.22. The number of nitrogens with one attached hydrogen (secondary N) is 1. The van der Waals surface area contributed by atoms with Gasteiger partial charge in [-0.2, -0.15) is 0 Å². The van der Waals surface area contributed by atoms with Crippen molar-refractivity contribution in [2.75, 3.05) is 18.4 Å². The largest absolute Gasteiger partial charge is 0.366 e. The van der Waals surface area contributed by atoms with Crippen molar-refractivity contribution in [2.45, 2.75) is 19.3 Å². The molecule has 1 aliphatic heterocycles. The molecule has 0 spiro atoms. The molecule has 1 saturated heterocycles. The van der Waals surface area contributed by atoms with Crippen LogP contribution in [0.2, 0.25) is 0 Å². The van der Waals surface area contributed by atoms with Crippen LogP contribution >= 0.6 is 0 Å². The molecule has 3 rings (SSSR count). The van der Waals surface area contributed by atoms with Crippen molar-refractivity contribution in [1.29, 1.82) is 0 Å². The van der Waals surface area contributed by atoms with Gasteiger partial charge in [-0.1, -0.05) is 30.3 Å². The van der Waals surface area contributed by atoms with Crippen molar-refractivity contribution in [2.24, 2.45) is 11.7 Å². The Morgan fingerprint density at radius 3 is 2.19 bits per heavy atom. The van der Waals surface area contributed by atoms with Gasteiger partial charge in [0.15, 0.2) is 0 Å². The third-order valence-corrected chi connectivity index (χ3v) is 4.89. The van der Waals surface area contributed by atoms with Crippen molar-refractivity contribution >= 4 is 23.4 Å². The smallest absolute Gasteiger partial charge is 0.313 e. The molecule has 6 heteroatoms. The second-order valence-corrected chi connectivity index (χ2v) is 6.82. The fourth-order valence-electron chi connectivity index (χ4n) is 3.33. The van der Waals surface area contributed by atoms with Gasteiger partial charge >= 0.3 is 11.8 Å². The minimum atomic E-state index is -0.664. The summed E-state index contributed by atoms with van der Waals surface area (Å²) in [7, 11) is 0. The summed E-state index contributed by atoms with van der Waals surface area (Å²) in [5.74, 6) is -1.20. The highest BCUT2D eigenvalue weighted by molar-refractivity contribution is 6.39. The maximum absolute atomic E-state index is 12.4. The van der Waals surface area contributed by atoms with Crippen LogP contribution in [0.15, 0.2) is 54.6 Å². The van der Waals surface area contributed by atoms with Crippen molar-refractivity contribution in [3.05, 3.63) is 65.7 Å². The van der Waals surface area contributed by atoms with Gasteiger partial charge in [0.2, 0.25) is 5.91 Å². The van der Waals surface area contributed by atoms with E-state index in [1.165, 1.54) is 17.7 Å². The van der Waals surface area contributed by atoms with Gasteiger partial charge in [0.25, 0.3) is 0 Å². The number of carbonyl (C=O) groups is 3. The van der Waals surface area contributed by atoms with E-state index in [0.717, 1.165) is 19.3 Å². The van der Waals surface area contributed by atoms with Crippen molar-refractivity contribution < 1.29 is 14.4 Å². The number of piperidine rings is 1. The molecule has 1 fully saturated rings. The Kier molecular flexibility index (Phi) is 5.86. The van der Waals surface area contributed by atoms with Crippen LogP contribution in [0, 0.1) is 5.92 Å². The summed E-state index contributed by atoms with van der Waals surface area (Å²) in [6.07, 6.45) is 2.78. The molecule has 1 aliphatic rings. The van der Waals surface area contributed by atoms with E-state index in [0.29, 0.717) is 30.3 Å². The summed E-state index contributed by atoms with van der Waals surface area (Å²) in [5, 5.41) is 2.57. The number of rotatable bonds is 4. The van der Waals surface area contributed by atoms with Crippen molar-refractivity contribution in [1.82, 2.24) is 4.90 Å². The van der Waals surface area contributed by atoms with Gasteiger partial charge in [0.1, 0.15) is 0 Å². The number of hydrogen-bond donors (Lipinski definition) is 2. The molecule has 3 N–H and O–H groups in total. The first-order valence-electron chi connectivity index (χ1n) is 9.07. The Morgan fingerprint density at radius 2 is 1.59 bits per heavy atom. The van der Waals surface area contributed by atoms with Crippen LogP contribution in [0.3, 0.4) is 0 Å². The number of nitrogens with zero attached hydrogens (tertiary/aromatic N) is 1. The molecule has 1 heterocycles. The molecule has 2 aromatic rings. The number of carbonyl (C=O) groups excluding carboxylic acids is 3. The van der Waals surface area contributed by atoms with Crippen LogP contribution in [0.1, 0.15) is 28.8 Å².